The van der Waals surface area contributed by atoms with Crippen LogP contribution in [0.1, 0.15) is 38.1 Å². The van der Waals surface area contributed by atoms with E-state index in [2.05, 4.69) is 24.1 Å². The minimum atomic E-state index is 0.00352. The van der Waals surface area contributed by atoms with Crippen LogP contribution in [0.25, 0.3) is 0 Å². The number of ketones is 1. The van der Waals surface area contributed by atoms with Gasteiger partial charge in [0.05, 0.1) is 5.56 Å². The molecule has 0 aromatic carbocycles. The van der Waals surface area contributed by atoms with Gasteiger partial charge in [0.25, 0.3) is 0 Å². The Kier molecular flexibility index (Phi) is 4.47. The largest absolute Gasteiger partial charge is 0.369 e. The van der Waals surface area contributed by atoms with Gasteiger partial charge in [-0.05, 0) is 18.1 Å². The highest BCUT2D eigenvalue weighted by Crippen LogP contribution is 2.16. The molecule has 0 unspecified atom stereocenters. The molecule has 1 rings (SSSR count). The molecule has 1 aromatic rings. The zero-order valence-corrected chi connectivity index (χ0v) is 10.4. The highest BCUT2D eigenvalue weighted by atomic mass is 16.1. The van der Waals surface area contributed by atoms with E-state index in [9.17, 15) is 4.79 Å². The lowest BCUT2D eigenvalue weighted by molar-refractivity contribution is 0.0940. The van der Waals surface area contributed by atoms with E-state index in [0.29, 0.717) is 17.3 Å². The molecule has 88 valence electrons. The maximum atomic E-state index is 11.9. The smallest absolute Gasteiger partial charge is 0.169 e. The van der Waals surface area contributed by atoms with Crippen molar-refractivity contribution in [2.45, 2.75) is 27.7 Å². The molecule has 0 aliphatic heterocycles. The monoisotopic (exact) mass is 220 g/mol. The first-order valence-corrected chi connectivity index (χ1v) is 5.75. The zero-order chi connectivity index (χ0) is 12.1. The molecule has 16 heavy (non-hydrogen) atoms. The summed E-state index contributed by atoms with van der Waals surface area (Å²) in [6, 6.07) is 3.63. The predicted molar refractivity (Wildman–Crippen MR) is 66.7 cm³/mol. The lowest BCUT2D eigenvalue weighted by atomic mass is 10.0. The first-order valence-electron chi connectivity index (χ1n) is 5.75. The standard InChI is InChI=1S/C13H20N2O/c1-9(2)8-15-13-11(6-5-7-14-13)12(16)10(3)4/h5-7,9-10H,8H2,1-4H3,(H,14,15). The van der Waals surface area contributed by atoms with Gasteiger partial charge in [-0.2, -0.15) is 0 Å². The van der Waals surface area contributed by atoms with Crippen LogP contribution in [0.3, 0.4) is 0 Å². The fourth-order valence-electron chi connectivity index (χ4n) is 1.36. The van der Waals surface area contributed by atoms with Crippen molar-refractivity contribution in [2.24, 2.45) is 11.8 Å². The molecule has 1 aromatic heterocycles. The van der Waals surface area contributed by atoms with Crippen LogP contribution in [0.4, 0.5) is 5.82 Å². The van der Waals surface area contributed by atoms with Gasteiger partial charge in [0.2, 0.25) is 0 Å². The number of aromatic nitrogens is 1. The molecule has 0 atom stereocenters. The molecule has 1 N–H and O–H groups in total. The molecule has 1 heterocycles. The number of anilines is 1. The van der Waals surface area contributed by atoms with E-state index in [4.69, 9.17) is 0 Å². The third-order valence-electron chi connectivity index (χ3n) is 2.28. The van der Waals surface area contributed by atoms with E-state index in [1.807, 2.05) is 19.9 Å². The third kappa shape index (κ3) is 3.33. The van der Waals surface area contributed by atoms with Crippen molar-refractivity contribution in [1.82, 2.24) is 4.98 Å². The Hall–Kier alpha value is -1.38. The van der Waals surface area contributed by atoms with E-state index in [-0.39, 0.29) is 11.7 Å². The molecule has 3 heteroatoms. The van der Waals surface area contributed by atoms with Crippen molar-refractivity contribution in [1.29, 1.82) is 0 Å². The molecule has 0 saturated carbocycles. The molecule has 0 spiro atoms. The highest BCUT2D eigenvalue weighted by Gasteiger charge is 2.15. The normalized spacial score (nSPS) is 10.9. The van der Waals surface area contributed by atoms with E-state index in [1.165, 1.54) is 0 Å². The van der Waals surface area contributed by atoms with Crippen molar-refractivity contribution in [3.05, 3.63) is 23.9 Å². The second kappa shape index (κ2) is 5.64. The van der Waals surface area contributed by atoms with Crippen LogP contribution >= 0.6 is 0 Å². The molecule has 0 bridgehead atoms. The maximum absolute atomic E-state index is 11.9. The van der Waals surface area contributed by atoms with Gasteiger partial charge in [0, 0.05) is 18.7 Å². The van der Waals surface area contributed by atoms with Crippen molar-refractivity contribution in [3.8, 4) is 0 Å². The fraction of sp³-hybridized carbons (Fsp3) is 0.538. The molecular formula is C13H20N2O. The van der Waals surface area contributed by atoms with E-state index < -0.39 is 0 Å². The third-order valence-corrected chi connectivity index (χ3v) is 2.28. The molecule has 0 radical (unpaired) electrons. The van der Waals surface area contributed by atoms with Crippen molar-refractivity contribution < 1.29 is 4.79 Å². The Balaban J connectivity index is 2.87. The summed E-state index contributed by atoms with van der Waals surface area (Å²) >= 11 is 0. The van der Waals surface area contributed by atoms with E-state index in [1.54, 1.807) is 12.3 Å². The summed E-state index contributed by atoms with van der Waals surface area (Å²) in [6.45, 7) is 8.89. The summed E-state index contributed by atoms with van der Waals surface area (Å²) in [5.74, 6) is 1.38. The number of nitrogens with one attached hydrogen (secondary N) is 1. The number of Topliss-reactive ketones (excluding diaryl/α,β-unsaturated/α-hetero) is 1. The number of carbonyl (C=O) groups excluding carboxylic acids is 1. The van der Waals surface area contributed by atoms with Gasteiger partial charge in [-0.25, -0.2) is 4.98 Å². The molecule has 3 nitrogen and oxygen atoms in total. The summed E-state index contributed by atoms with van der Waals surface area (Å²) in [4.78, 5) is 16.2. The molecule has 0 fully saturated rings. The maximum Gasteiger partial charge on any atom is 0.169 e. The van der Waals surface area contributed by atoms with Gasteiger partial charge in [0.1, 0.15) is 5.82 Å². The highest BCUT2D eigenvalue weighted by molar-refractivity contribution is 6.01. The van der Waals surface area contributed by atoms with Gasteiger partial charge >= 0.3 is 0 Å². The lowest BCUT2D eigenvalue weighted by Gasteiger charge is -2.12. The minimum absolute atomic E-state index is 0.00352. The van der Waals surface area contributed by atoms with Gasteiger partial charge < -0.3 is 5.32 Å². The zero-order valence-electron chi connectivity index (χ0n) is 10.4. The molecular weight excluding hydrogens is 200 g/mol. The van der Waals surface area contributed by atoms with Gasteiger partial charge in [-0.15, -0.1) is 0 Å². The molecule has 0 saturated heterocycles. The number of hydrogen-bond donors (Lipinski definition) is 1. The second-order valence-electron chi connectivity index (χ2n) is 4.69. The molecule has 0 aliphatic carbocycles. The quantitative estimate of drug-likeness (QED) is 0.776. The minimum Gasteiger partial charge on any atom is -0.369 e. The van der Waals surface area contributed by atoms with Crippen LogP contribution in [0.2, 0.25) is 0 Å². The lowest BCUT2D eigenvalue weighted by Crippen LogP contribution is -2.15. The first kappa shape index (κ1) is 12.7. The van der Waals surface area contributed by atoms with E-state index in [0.717, 1.165) is 6.54 Å². The van der Waals surface area contributed by atoms with Crippen LogP contribution in [0.15, 0.2) is 18.3 Å². The molecule has 0 amide bonds. The summed E-state index contributed by atoms with van der Waals surface area (Å²) in [5, 5.41) is 3.22. The summed E-state index contributed by atoms with van der Waals surface area (Å²) in [6.07, 6.45) is 1.71. The topological polar surface area (TPSA) is 42.0 Å². The van der Waals surface area contributed by atoms with Crippen LogP contribution in [-0.2, 0) is 0 Å². The number of nitrogens with zero attached hydrogens (tertiary/aromatic N) is 1. The van der Waals surface area contributed by atoms with Gasteiger partial charge in [0.15, 0.2) is 5.78 Å². The summed E-state index contributed by atoms with van der Waals surface area (Å²) < 4.78 is 0. The Morgan fingerprint density at radius 3 is 2.62 bits per heavy atom. The van der Waals surface area contributed by atoms with E-state index >= 15 is 0 Å². The fourth-order valence-corrected chi connectivity index (χ4v) is 1.36. The van der Waals surface area contributed by atoms with Crippen molar-refractivity contribution >= 4 is 11.6 Å². The number of hydrogen-bond acceptors (Lipinski definition) is 3. The average molecular weight is 220 g/mol. The number of pyridine rings is 1. The van der Waals surface area contributed by atoms with Gasteiger partial charge in [-0.3, -0.25) is 4.79 Å². The average Bonchev–Trinajstić information content (AvgIpc) is 2.25. The van der Waals surface area contributed by atoms with Crippen molar-refractivity contribution in [3.63, 3.8) is 0 Å². The first-order chi connectivity index (χ1) is 7.52. The van der Waals surface area contributed by atoms with Gasteiger partial charge in [-0.1, -0.05) is 27.7 Å². The Morgan fingerprint density at radius 2 is 2.06 bits per heavy atom. The van der Waals surface area contributed by atoms with Crippen molar-refractivity contribution in [2.75, 3.05) is 11.9 Å². The van der Waals surface area contributed by atoms with Crippen LogP contribution in [-0.4, -0.2) is 17.3 Å². The Labute approximate surface area is 97.3 Å². The predicted octanol–water partition coefficient (Wildman–Crippen LogP) is 2.99. The SMILES string of the molecule is CC(C)CNc1ncccc1C(=O)C(C)C. The molecule has 0 aliphatic rings. The number of rotatable bonds is 5. The Bertz CT molecular complexity index is 359. The van der Waals surface area contributed by atoms with Crippen LogP contribution < -0.4 is 5.32 Å². The Morgan fingerprint density at radius 1 is 1.38 bits per heavy atom. The second-order valence-corrected chi connectivity index (χ2v) is 4.69. The van der Waals surface area contributed by atoms with Crippen LogP contribution in [0, 0.1) is 11.8 Å². The summed E-state index contributed by atoms with van der Waals surface area (Å²) in [7, 11) is 0. The summed E-state index contributed by atoms with van der Waals surface area (Å²) in [5.41, 5.74) is 0.693. The van der Waals surface area contributed by atoms with Crippen LogP contribution in [0.5, 0.6) is 0 Å². The number of carbonyl (C=O) groups is 1.